The molecule has 0 atom stereocenters. The molecule has 0 aliphatic heterocycles. The second kappa shape index (κ2) is 21.0. The minimum atomic E-state index is -4.92. The Morgan fingerprint density at radius 1 is 0.408 bits per heavy atom. The van der Waals surface area contributed by atoms with Gasteiger partial charge >= 0.3 is 7.94 Å². The van der Waals surface area contributed by atoms with E-state index in [9.17, 15) is 14.7 Å². The number of hydrogen-bond donors (Lipinski definition) is 3. The summed E-state index contributed by atoms with van der Waals surface area (Å²) in [6, 6.07) is 30.9. The van der Waals surface area contributed by atoms with Crippen LogP contribution in [0.3, 0.4) is 0 Å². The van der Waals surface area contributed by atoms with Gasteiger partial charge in [0.15, 0.2) is 15.1 Å². The van der Waals surface area contributed by atoms with Gasteiger partial charge in [0.25, 0.3) is 0 Å². The van der Waals surface area contributed by atoms with Crippen molar-refractivity contribution in [3.63, 3.8) is 0 Å². The first kappa shape index (κ1) is 61.3. The standard InChI is InChI=1S/C69H98O5PS/c1-41(2)64(13,14)50-32-48-34-56(66(17,18)43(5)6)54(38-52(48)58(36-50)68(21,22)45(9)10)62-60(75(70,71)72)30-31-61(76(73,74)40-47-28-26-25-27-29-47)63(62)55-39-53-49(35-57(55)67(19,20)44(7)8)33-51(65(15,16)42(3)4)37-59(53)69(23,24)46(11)12/h25-39,41-46,70-72H,40H2,1-24H3/q+1. The summed E-state index contributed by atoms with van der Waals surface area (Å²) >= 11 is 0. The average Bonchev–Trinajstić information content (AvgIpc) is 3.31. The Labute approximate surface area is 462 Å². The molecule has 0 aliphatic rings. The van der Waals surface area contributed by atoms with Crippen LogP contribution in [-0.2, 0) is 48.1 Å². The molecular formula is C69H98O5PS+. The molecule has 0 saturated carbocycles. The predicted octanol–water partition coefficient (Wildman–Crippen LogP) is 18.3. The molecule has 0 spiro atoms. The van der Waals surface area contributed by atoms with Crippen molar-refractivity contribution in [2.75, 3.05) is 0 Å². The third kappa shape index (κ3) is 11.0. The highest BCUT2D eigenvalue weighted by Crippen LogP contribution is 2.56. The van der Waals surface area contributed by atoms with Crippen LogP contribution in [0.1, 0.15) is 205 Å². The van der Waals surface area contributed by atoms with Crippen molar-refractivity contribution in [3.05, 3.63) is 130 Å². The molecule has 7 heteroatoms. The van der Waals surface area contributed by atoms with Gasteiger partial charge in [-0.25, -0.2) is 8.42 Å². The number of hydrogen-bond acceptors (Lipinski definition) is 5. The molecule has 6 aromatic rings. The first-order valence-corrected chi connectivity index (χ1v) is 31.7. The minimum Gasteiger partial charge on any atom is -0.223 e. The molecule has 414 valence electrons. The Hall–Kier alpha value is -3.90. The lowest BCUT2D eigenvalue weighted by molar-refractivity contribution is 0.347. The molecule has 0 heterocycles. The summed E-state index contributed by atoms with van der Waals surface area (Å²) < 4.78 is 31.8. The summed E-state index contributed by atoms with van der Waals surface area (Å²) in [5.41, 5.74) is 7.39. The van der Waals surface area contributed by atoms with Gasteiger partial charge in [0.05, 0.1) is 10.6 Å². The molecule has 76 heavy (non-hydrogen) atoms. The lowest BCUT2D eigenvalue weighted by Crippen LogP contribution is -2.29. The van der Waals surface area contributed by atoms with E-state index in [1.165, 1.54) is 34.4 Å². The number of sulfone groups is 1. The van der Waals surface area contributed by atoms with Gasteiger partial charge in [-0.05, 0) is 176 Å². The monoisotopic (exact) mass is 1070 g/mol. The number of benzene rings is 6. The average molecular weight is 1070 g/mol. The van der Waals surface area contributed by atoms with Gasteiger partial charge in [0.2, 0.25) is 0 Å². The van der Waals surface area contributed by atoms with Gasteiger partial charge in [0.1, 0.15) is 0 Å². The molecule has 0 bridgehead atoms. The summed E-state index contributed by atoms with van der Waals surface area (Å²) in [7, 11) is -9.14. The fourth-order valence-electron chi connectivity index (χ4n) is 10.5. The van der Waals surface area contributed by atoms with E-state index in [-0.39, 0.29) is 61.3 Å². The Bertz CT molecular complexity index is 3230. The van der Waals surface area contributed by atoms with Crippen LogP contribution >= 0.6 is 7.94 Å². The predicted molar refractivity (Wildman–Crippen MR) is 330 cm³/mol. The molecular weight excluding hydrogens is 972 g/mol. The first-order chi connectivity index (χ1) is 34.6. The van der Waals surface area contributed by atoms with E-state index in [4.69, 9.17) is 0 Å². The molecule has 3 N–H and O–H groups in total. The van der Waals surface area contributed by atoms with Crippen molar-refractivity contribution < 1.29 is 23.1 Å². The largest absolute Gasteiger partial charge is 0.441 e. The van der Waals surface area contributed by atoms with Crippen molar-refractivity contribution in [2.24, 2.45) is 35.5 Å². The van der Waals surface area contributed by atoms with E-state index in [2.05, 4.69) is 215 Å². The molecule has 0 fully saturated rings. The van der Waals surface area contributed by atoms with E-state index in [0.29, 0.717) is 39.7 Å². The molecule has 0 aliphatic carbocycles. The van der Waals surface area contributed by atoms with Gasteiger partial charge in [-0.2, -0.15) is 14.7 Å². The van der Waals surface area contributed by atoms with Gasteiger partial charge < -0.3 is 0 Å². The Balaban J connectivity index is 2.06. The lowest BCUT2D eigenvalue weighted by Gasteiger charge is -2.38. The Kier molecular flexibility index (Phi) is 16.9. The van der Waals surface area contributed by atoms with Gasteiger partial charge in [-0.3, -0.25) is 0 Å². The summed E-state index contributed by atoms with van der Waals surface area (Å²) in [6.45, 7) is 54.6. The van der Waals surface area contributed by atoms with Crippen molar-refractivity contribution in [2.45, 2.75) is 209 Å². The van der Waals surface area contributed by atoms with Gasteiger partial charge in [-0.1, -0.05) is 221 Å². The van der Waals surface area contributed by atoms with Crippen LogP contribution in [0.4, 0.5) is 0 Å². The van der Waals surface area contributed by atoms with Crippen molar-refractivity contribution in [1.29, 1.82) is 0 Å². The van der Waals surface area contributed by atoms with Crippen LogP contribution < -0.4 is 5.30 Å². The normalized spacial score (nSPS) is 14.1. The first-order valence-electron chi connectivity index (χ1n) is 28.4. The Morgan fingerprint density at radius 2 is 0.750 bits per heavy atom. The lowest BCUT2D eigenvalue weighted by atomic mass is 9.66. The van der Waals surface area contributed by atoms with Crippen molar-refractivity contribution >= 4 is 44.6 Å². The molecule has 0 saturated heterocycles. The van der Waals surface area contributed by atoms with Crippen LogP contribution in [0.25, 0.3) is 43.8 Å². The van der Waals surface area contributed by atoms with E-state index >= 15 is 8.42 Å². The third-order valence-corrected chi connectivity index (χ3v) is 23.4. The van der Waals surface area contributed by atoms with Gasteiger partial charge in [0, 0.05) is 11.1 Å². The Morgan fingerprint density at radius 3 is 1.09 bits per heavy atom. The highest BCUT2D eigenvalue weighted by atomic mass is 32.2. The van der Waals surface area contributed by atoms with Crippen molar-refractivity contribution in [1.82, 2.24) is 0 Å². The van der Waals surface area contributed by atoms with Crippen LogP contribution in [0.5, 0.6) is 0 Å². The third-order valence-electron chi connectivity index (χ3n) is 20.6. The molecule has 0 amide bonds. The van der Waals surface area contributed by atoms with Gasteiger partial charge in [-0.15, -0.1) is 0 Å². The minimum absolute atomic E-state index is 0.0753. The molecule has 0 aromatic heterocycles. The number of fused-ring (bicyclic) bond motifs is 2. The van der Waals surface area contributed by atoms with E-state index in [1.807, 2.05) is 30.3 Å². The smallest absolute Gasteiger partial charge is 0.223 e. The summed E-state index contributed by atoms with van der Waals surface area (Å²) in [6.07, 6.45) is 0. The second-order valence-corrected chi connectivity index (χ2v) is 31.8. The highest BCUT2D eigenvalue weighted by Gasteiger charge is 2.45. The zero-order valence-corrected chi connectivity index (χ0v) is 53.1. The van der Waals surface area contributed by atoms with Crippen LogP contribution in [0.2, 0.25) is 0 Å². The summed E-state index contributed by atoms with van der Waals surface area (Å²) in [5, 5.41) is 4.10. The quantitative estimate of drug-likeness (QED) is 0.0746. The topological polar surface area (TPSA) is 94.8 Å². The van der Waals surface area contributed by atoms with E-state index < -0.39 is 28.6 Å². The van der Waals surface area contributed by atoms with E-state index in [0.717, 1.165) is 32.7 Å². The fourth-order valence-corrected chi connectivity index (χ4v) is 12.9. The molecule has 0 radical (unpaired) electrons. The van der Waals surface area contributed by atoms with Crippen LogP contribution in [-0.4, -0.2) is 23.1 Å². The maximum absolute atomic E-state index is 15.9. The van der Waals surface area contributed by atoms with Crippen molar-refractivity contribution in [3.8, 4) is 22.3 Å². The van der Waals surface area contributed by atoms with Crippen LogP contribution in [0.15, 0.2) is 95.9 Å². The molecule has 6 aromatic carbocycles. The SMILES string of the molecule is CC(C)C(C)(C)c1cc(C(C)(C)C(C)C)c2cc(-c3c([P+](O)(O)O)ccc(S(=O)(=O)Cc4ccccc4)c3-c3cc4c(C(C)(C)C(C)C)cc(C(C)(C)C(C)C)cc4cc3C(C)(C)C(C)C)c(C(C)(C)C(C)C)cc2c1. The molecule has 6 rings (SSSR count). The van der Waals surface area contributed by atoms with E-state index in [1.54, 1.807) is 0 Å². The maximum Gasteiger partial charge on any atom is 0.441 e. The zero-order valence-electron chi connectivity index (χ0n) is 51.3. The van der Waals surface area contributed by atoms with Crippen LogP contribution in [0, 0.1) is 35.5 Å². The molecule has 0 unspecified atom stereocenters. The zero-order chi connectivity index (χ0) is 57.6. The highest BCUT2D eigenvalue weighted by molar-refractivity contribution is 7.90. The maximum atomic E-state index is 15.9. The second-order valence-electron chi connectivity index (χ2n) is 28.2. The summed E-state index contributed by atoms with van der Waals surface area (Å²) in [5.74, 6) is 1.06. The number of rotatable bonds is 18. The summed E-state index contributed by atoms with van der Waals surface area (Å²) in [4.78, 5) is 36.4. The molecule has 5 nitrogen and oxygen atoms in total. The fraction of sp³-hybridized carbons (Fsp3) is 0.536.